The van der Waals surface area contributed by atoms with Crippen LogP contribution in [0.15, 0.2) is 0 Å². The van der Waals surface area contributed by atoms with E-state index >= 15 is 0 Å². The van der Waals surface area contributed by atoms with E-state index in [1.807, 2.05) is 0 Å². The van der Waals surface area contributed by atoms with Crippen LogP contribution in [0.5, 0.6) is 0 Å². The van der Waals surface area contributed by atoms with Gasteiger partial charge in [-0.05, 0) is 56.4 Å². The molecule has 2 saturated heterocycles. The van der Waals surface area contributed by atoms with Gasteiger partial charge in [0.25, 0.3) is 0 Å². The molecule has 2 nitrogen and oxygen atoms in total. The minimum Gasteiger partial charge on any atom is -0.312 e. The highest BCUT2D eigenvalue weighted by atomic mass is 15.2. The Kier molecular flexibility index (Phi) is 4.48. The Morgan fingerprint density at radius 1 is 1.11 bits per heavy atom. The summed E-state index contributed by atoms with van der Waals surface area (Å²) in [7, 11) is 0. The molecule has 3 rings (SSSR count). The lowest BCUT2D eigenvalue weighted by Gasteiger charge is -2.36. The predicted octanol–water partition coefficient (Wildman–Crippen LogP) is 3.28. The molecule has 0 aromatic heterocycles. The van der Waals surface area contributed by atoms with Gasteiger partial charge in [-0.25, -0.2) is 0 Å². The first kappa shape index (κ1) is 13.9. The molecule has 0 amide bonds. The van der Waals surface area contributed by atoms with Crippen LogP contribution in [-0.2, 0) is 0 Å². The molecule has 110 valence electrons. The minimum atomic E-state index is 0.819. The average Bonchev–Trinajstić information content (AvgIpc) is 2.82. The zero-order valence-electron chi connectivity index (χ0n) is 12.9. The largest absolute Gasteiger partial charge is 0.312 e. The second-order valence-corrected chi connectivity index (χ2v) is 7.73. The lowest BCUT2D eigenvalue weighted by Crippen LogP contribution is -2.42. The van der Waals surface area contributed by atoms with Crippen LogP contribution in [0.25, 0.3) is 0 Å². The topological polar surface area (TPSA) is 15.3 Å². The molecule has 1 saturated carbocycles. The average molecular weight is 264 g/mol. The van der Waals surface area contributed by atoms with E-state index in [4.69, 9.17) is 0 Å². The summed E-state index contributed by atoms with van der Waals surface area (Å²) < 4.78 is 0. The summed E-state index contributed by atoms with van der Waals surface area (Å²) >= 11 is 0. The van der Waals surface area contributed by atoms with Crippen molar-refractivity contribution in [3.05, 3.63) is 0 Å². The molecule has 0 aromatic rings. The van der Waals surface area contributed by atoms with Gasteiger partial charge >= 0.3 is 0 Å². The molecule has 19 heavy (non-hydrogen) atoms. The fourth-order valence-corrected chi connectivity index (χ4v) is 4.85. The van der Waals surface area contributed by atoms with E-state index in [2.05, 4.69) is 24.1 Å². The van der Waals surface area contributed by atoms with Crippen molar-refractivity contribution in [2.75, 3.05) is 19.6 Å². The van der Waals surface area contributed by atoms with Gasteiger partial charge in [0.1, 0.15) is 0 Å². The van der Waals surface area contributed by atoms with E-state index < -0.39 is 0 Å². The number of rotatable bonds is 3. The van der Waals surface area contributed by atoms with Gasteiger partial charge in [-0.2, -0.15) is 0 Å². The fourth-order valence-electron chi connectivity index (χ4n) is 4.85. The molecule has 2 aliphatic heterocycles. The summed E-state index contributed by atoms with van der Waals surface area (Å²) in [5.74, 6) is 2.85. The van der Waals surface area contributed by atoms with Crippen molar-refractivity contribution in [2.24, 2.45) is 17.8 Å². The Hall–Kier alpha value is -0.0800. The van der Waals surface area contributed by atoms with Crippen molar-refractivity contribution in [1.82, 2.24) is 10.2 Å². The Morgan fingerprint density at radius 3 is 2.79 bits per heavy atom. The van der Waals surface area contributed by atoms with Crippen molar-refractivity contribution >= 4 is 0 Å². The van der Waals surface area contributed by atoms with Gasteiger partial charge in [-0.3, -0.25) is 4.90 Å². The molecular formula is C17H32N2. The number of hydrogen-bond donors (Lipinski definition) is 1. The normalized spacial score (nSPS) is 40.6. The molecule has 0 aromatic carbocycles. The highest BCUT2D eigenvalue weighted by molar-refractivity contribution is 4.95. The number of nitrogens with zero attached hydrogens (tertiary/aromatic N) is 1. The zero-order valence-corrected chi connectivity index (χ0v) is 12.9. The standard InChI is InChI=1S/C17H32N2/c1-13(2)9-14-5-3-7-16(10-14)19-11-15-6-4-8-18-17(15)12-19/h13-18H,3-12H2,1-2H3. The molecule has 1 N–H and O–H groups in total. The van der Waals surface area contributed by atoms with Gasteiger partial charge in [0.15, 0.2) is 0 Å². The molecule has 4 unspecified atom stereocenters. The van der Waals surface area contributed by atoms with Gasteiger partial charge in [0, 0.05) is 25.2 Å². The molecule has 0 bridgehead atoms. The highest BCUT2D eigenvalue weighted by Crippen LogP contribution is 2.35. The van der Waals surface area contributed by atoms with Crippen LogP contribution in [0, 0.1) is 17.8 Å². The van der Waals surface area contributed by atoms with Crippen LogP contribution in [0.4, 0.5) is 0 Å². The van der Waals surface area contributed by atoms with E-state index in [9.17, 15) is 0 Å². The molecule has 0 radical (unpaired) electrons. The predicted molar refractivity (Wildman–Crippen MR) is 81.3 cm³/mol. The van der Waals surface area contributed by atoms with Crippen molar-refractivity contribution in [1.29, 1.82) is 0 Å². The molecule has 4 atom stereocenters. The van der Waals surface area contributed by atoms with Gasteiger partial charge in [0.05, 0.1) is 0 Å². The number of likely N-dealkylation sites (tertiary alicyclic amines) is 1. The third-order valence-corrected chi connectivity index (χ3v) is 5.70. The van der Waals surface area contributed by atoms with Crippen molar-refractivity contribution in [3.63, 3.8) is 0 Å². The minimum absolute atomic E-state index is 0.819. The van der Waals surface area contributed by atoms with E-state index in [1.54, 1.807) is 0 Å². The first-order valence-corrected chi connectivity index (χ1v) is 8.70. The summed E-state index contributed by atoms with van der Waals surface area (Å²) in [6, 6.07) is 1.73. The maximum atomic E-state index is 3.75. The van der Waals surface area contributed by atoms with Crippen LogP contribution >= 0.6 is 0 Å². The maximum absolute atomic E-state index is 3.75. The van der Waals surface area contributed by atoms with Crippen LogP contribution in [0.3, 0.4) is 0 Å². The molecular weight excluding hydrogens is 232 g/mol. The molecule has 2 heteroatoms. The number of nitrogens with one attached hydrogen (secondary N) is 1. The molecule has 2 heterocycles. The van der Waals surface area contributed by atoms with Gasteiger partial charge < -0.3 is 5.32 Å². The van der Waals surface area contributed by atoms with Gasteiger partial charge in [-0.1, -0.05) is 26.7 Å². The quantitative estimate of drug-likeness (QED) is 0.841. The molecule has 3 aliphatic rings. The number of fused-ring (bicyclic) bond motifs is 1. The Morgan fingerprint density at radius 2 is 2.00 bits per heavy atom. The van der Waals surface area contributed by atoms with E-state index in [0.717, 1.165) is 29.8 Å². The lowest BCUT2D eigenvalue weighted by atomic mass is 9.80. The van der Waals surface area contributed by atoms with Gasteiger partial charge in [-0.15, -0.1) is 0 Å². The third-order valence-electron chi connectivity index (χ3n) is 5.70. The van der Waals surface area contributed by atoms with Crippen molar-refractivity contribution in [2.45, 2.75) is 70.9 Å². The Labute approximate surface area is 119 Å². The van der Waals surface area contributed by atoms with Crippen molar-refractivity contribution < 1.29 is 0 Å². The monoisotopic (exact) mass is 264 g/mol. The van der Waals surface area contributed by atoms with E-state index in [0.29, 0.717) is 0 Å². The SMILES string of the molecule is CC(C)CC1CCCC(N2CC3CCCNC3C2)C1. The summed E-state index contributed by atoms with van der Waals surface area (Å²) in [6.07, 6.45) is 10.2. The first-order valence-electron chi connectivity index (χ1n) is 8.70. The maximum Gasteiger partial charge on any atom is 0.0235 e. The number of hydrogen-bond acceptors (Lipinski definition) is 2. The van der Waals surface area contributed by atoms with Crippen LogP contribution in [-0.4, -0.2) is 36.6 Å². The van der Waals surface area contributed by atoms with E-state index in [1.165, 1.54) is 64.6 Å². The zero-order chi connectivity index (χ0) is 13.2. The lowest BCUT2D eigenvalue weighted by molar-refractivity contribution is 0.141. The Bertz CT molecular complexity index is 275. The summed E-state index contributed by atoms with van der Waals surface area (Å²) in [5.41, 5.74) is 0. The third kappa shape index (κ3) is 3.33. The second-order valence-electron chi connectivity index (χ2n) is 7.73. The van der Waals surface area contributed by atoms with Crippen LogP contribution in [0.2, 0.25) is 0 Å². The summed E-state index contributed by atoms with van der Waals surface area (Å²) in [5, 5.41) is 3.75. The first-order chi connectivity index (χ1) is 9.22. The smallest absolute Gasteiger partial charge is 0.0235 e. The second kappa shape index (κ2) is 6.13. The van der Waals surface area contributed by atoms with E-state index in [-0.39, 0.29) is 0 Å². The summed E-state index contributed by atoms with van der Waals surface area (Å²) in [4.78, 5) is 2.85. The summed E-state index contributed by atoms with van der Waals surface area (Å²) in [6.45, 7) is 8.76. The Balaban J connectivity index is 1.54. The highest BCUT2D eigenvalue weighted by Gasteiger charge is 2.38. The molecule has 0 spiro atoms. The number of piperidine rings is 1. The van der Waals surface area contributed by atoms with Crippen LogP contribution < -0.4 is 5.32 Å². The molecule has 3 fully saturated rings. The van der Waals surface area contributed by atoms with Crippen molar-refractivity contribution in [3.8, 4) is 0 Å². The van der Waals surface area contributed by atoms with Crippen LogP contribution in [0.1, 0.15) is 58.8 Å². The molecule has 1 aliphatic carbocycles. The fraction of sp³-hybridized carbons (Fsp3) is 1.00. The van der Waals surface area contributed by atoms with Gasteiger partial charge in [0.2, 0.25) is 0 Å².